The Morgan fingerprint density at radius 3 is 2.54 bits per heavy atom. The van der Waals surface area contributed by atoms with E-state index >= 15 is 0 Å². The minimum absolute atomic E-state index is 0.0756. The number of guanidine groups is 1. The van der Waals surface area contributed by atoms with E-state index < -0.39 is 0 Å². The predicted molar refractivity (Wildman–Crippen MR) is 164 cm³/mol. The lowest BCUT2D eigenvalue weighted by molar-refractivity contribution is -0.127. The molecular weight excluding hydrogens is 520 g/mol. The highest BCUT2D eigenvalue weighted by atomic mass is 16.5. The Hall–Kier alpha value is -3.44. The zero-order valence-electron chi connectivity index (χ0n) is 25.1. The van der Waals surface area contributed by atoms with Gasteiger partial charge >= 0.3 is 0 Å². The number of ether oxygens (including phenoxy) is 1. The van der Waals surface area contributed by atoms with E-state index in [4.69, 9.17) is 9.73 Å². The van der Waals surface area contributed by atoms with Crippen LogP contribution in [0.4, 0.5) is 5.69 Å². The summed E-state index contributed by atoms with van der Waals surface area (Å²) in [5.41, 5.74) is 1.93. The summed E-state index contributed by atoms with van der Waals surface area (Å²) in [7, 11) is 5.51. The number of likely N-dealkylation sites (N-methyl/N-ethyl adjacent to an activating group) is 1. The molecule has 1 aliphatic carbocycles. The number of hydrogen-bond donors (Lipinski definition) is 2. The molecule has 224 valence electrons. The second-order valence-corrected chi connectivity index (χ2v) is 11.1. The van der Waals surface area contributed by atoms with Gasteiger partial charge in [0.05, 0.1) is 18.5 Å². The van der Waals surface area contributed by atoms with Gasteiger partial charge in [-0.3, -0.25) is 9.59 Å². The normalized spacial score (nSPS) is 19.9. The van der Waals surface area contributed by atoms with E-state index in [1.54, 1.807) is 37.3 Å². The van der Waals surface area contributed by atoms with E-state index in [0.29, 0.717) is 48.5 Å². The van der Waals surface area contributed by atoms with E-state index in [2.05, 4.69) is 44.1 Å². The van der Waals surface area contributed by atoms with E-state index in [1.807, 2.05) is 6.92 Å². The maximum atomic E-state index is 12.8. The summed E-state index contributed by atoms with van der Waals surface area (Å²) in [6.07, 6.45) is 5.88. The number of nitrogens with zero attached hydrogens (tertiary/aromatic N) is 6. The molecule has 0 unspecified atom stereocenters. The van der Waals surface area contributed by atoms with E-state index in [0.717, 1.165) is 63.5 Å². The van der Waals surface area contributed by atoms with Gasteiger partial charge in [-0.1, -0.05) is 12.8 Å². The van der Waals surface area contributed by atoms with E-state index in [-0.39, 0.29) is 11.8 Å². The minimum Gasteiger partial charge on any atom is -0.495 e. The smallest absolute Gasteiger partial charge is 0.251 e. The highest BCUT2D eigenvalue weighted by molar-refractivity contribution is 6.00. The summed E-state index contributed by atoms with van der Waals surface area (Å²) in [5, 5.41) is 6.25. The molecule has 2 amide bonds. The number of piperazine rings is 1. The zero-order chi connectivity index (χ0) is 29.4. The van der Waals surface area contributed by atoms with Gasteiger partial charge in [0.25, 0.3) is 5.91 Å². The SMILES string of the molecule is C=N/C(=N\C1=C(C)N(C)C(=O)CCN1C1CCCC1)Nc1ccc(C(=O)NCCCN2CCN(C)CC2)cc1OC. The van der Waals surface area contributed by atoms with Crippen molar-refractivity contribution in [3.05, 3.63) is 35.3 Å². The van der Waals surface area contributed by atoms with Crippen molar-refractivity contribution in [2.75, 3.05) is 72.3 Å². The number of anilines is 1. The molecule has 1 saturated carbocycles. The van der Waals surface area contributed by atoms with Gasteiger partial charge < -0.3 is 35.0 Å². The first-order valence-corrected chi connectivity index (χ1v) is 14.7. The molecule has 0 aromatic heterocycles. The summed E-state index contributed by atoms with van der Waals surface area (Å²) >= 11 is 0. The van der Waals surface area contributed by atoms with Crippen LogP contribution in [0.2, 0.25) is 0 Å². The van der Waals surface area contributed by atoms with Crippen molar-refractivity contribution < 1.29 is 14.3 Å². The van der Waals surface area contributed by atoms with Crippen molar-refractivity contribution in [2.24, 2.45) is 9.98 Å². The molecule has 2 N–H and O–H groups in total. The molecule has 0 bridgehead atoms. The second kappa shape index (κ2) is 14.5. The first kappa shape index (κ1) is 30.5. The van der Waals surface area contributed by atoms with Crippen molar-refractivity contribution in [1.29, 1.82) is 0 Å². The summed E-state index contributed by atoms with van der Waals surface area (Å²) in [5.74, 6) is 1.46. The Balaban J connectivity index is 1.43. The van der Waals surface area contributed by atoms with Gasteiger partial charge in [0, 0.05) is 64.3 Å². The topological polar surface area (TPSA) is 105 Å². The molecular formula is C30H46N8O3. The van der Waals surface area contributed by atoms with Crippen LogP contribution in [-0.4, -0.2) is 117 Å². The van der Waals surface area contributed by atoms with Crippen LogP contribution >= 0.6 is 0 Å². The molecule has 3 aliphatic rings. The molecule has 2 fully saturated rings. The number of allylic oxidation sites excluding steroid dienone is 1. The molecule has 11 nitrogen and oxygen atoms in total. The van der Waals surface area contributed by atoms with Crippen LogP contribution < -0.4 is 15.4 Å². The molecule has 0 atom stereocenters. The second-order valence-electron chi connectivity index (χ2n) is 11.1. The summed E-state index contributed by atoms with van der Waals surface area (Å²) < 4.78 is 5.61. The van der Waals surface area contributed by atoms with Crippen molar-refractivity contribution in [3.63, 3.8) is 0 Å². The van der Waals surface area contributed by atoms with Gasteiger partial charge in [0.15, 0.2) is 5.82 Å². The molecule has 0 spiro atoms. The predicted octanol–water partition coefficient (Wildman–Crippen LogP) is 2.83. The fourth-order valence-corrected chi connectivity index (χ4v) is 5.69. The van der Waals surface area contributed by atoms with Crippen molar-refractivity contribution in [1.82, 2.24) is 24.9 Å². The van der Waals surface area contributed by atoms with Gasteiger partial charge in [-0.15, -0.1) is 0 Å². The number of hydrogen-bond acceptors (Lipinski definition) is 7. The maximum absolute atomic E-state index is 12.8. The van der Waals surface area contributed by atoms with Crippen molar-refractivity contribution in [2.45, 2.75) is 51.5 Å². The summed E-state index contributed by atoms with van der Waals surface area (Å²) in [4.78, 5) is 43.2. The molecule has 2 aliphatic heterocycles. The molecule has 2 heterocycles. The molecule has 4 rings (SSSR count). The quantitative estimate of drug-likeness (QED) is 0.269. The van der Waals surface area contributed by atoms with Crippen LogP contribution in [0, 0.1) is 0 Å². The van der Waals surface area contributed by atoms with Gasteiger partial charge in [0.2, 0.25) is 11.9 Å². The third kappa shape index (κ3) is 7.85. The highest BCUT2D eigenvalue weighted by Gasteiger charge is 2.31. The number of rotatable bonds is 9. The van der Waals surface area contributed by atoms with Crippen LogP contribution in [-0.2, 0) is 4.79 Å². The Morgan fingerprint density at radius 2 is 1.85 bits per heavy atom. The average Bonchev–Trinajstić information content (AvgIpc) is 3.50. The van der Waals surface area contributed by atoms with Crippen molar-refractivity contribution >= 4 is 30.2 Å². The molecule has 41 heavy (non-hydrogen) atoms. The van der Waals surface area contributed by atoms with Crippen LogP contribution in [0.3, 0.4) is 0 Å². The lowest BCUT2D eigenvalue weighted by Gasteiger charge is -2.32. The summed E-state index contributed by atoms with van der Waals surface area (Å²) in [6.45, 7) is 12.2. The third-order valence-electron chi connectivity index (χ3n) is 8.41. The zero-order valence-corrected chi connectivity index (χ0v) is 25.1. The lowest BCUT2D eigenvalue weighted by atomic mass is 10.1. The van der Waals surface area contributed by atoms with Crippen molar-refractivity contribution in [3.8, 4) is 5.75 Å². The van der Waals surface area contributed by atoms with Crippen LogP contribution in [0.25, 0.3) is 0 Å². The van der Waals surface area contributed by atoms with Crippen LogP contribution in [0.1, 0.15) is 55.8 Å². The molecule has 1 aromatic rings. The van der Waals surface area contributed by atoms with E-state index in [9.17, 15) is 9.59 Å². The largest absolute Gasteiger partial charge is 0.495 e. The van der Waals surface area contributed by atoms with Gasteiger partial charge in [-0.2, -0.15) is 4.99 Å². The molecule has 1 aromatic carbocycles. The minimum atomic E-state index is -0.136. The Morgan fingerprint density at radius 1 is 1.12 bits per heavy atom. The Bertz CT molecular complexity index is 1150. The monoisotopic (exact) mass is 566 g/mol. The van der Waals surface area contributed by atoms with Gasteiger partial charge in [-0.25, -0.2) is 4.99 Å². The third-order valence-corrected chi connectivity index (χ3v) is 8.41. The fourth-order valence-electron chi connectivity index (χ4n) is 5.69. The number of nitrogens with one attached hydrogen (secondary N) is 2. The number of amides is 2. The number of carbonyl (C=O) groups is 2. The van der Waals surface area contributed by atoms with Crippen LogP contribution in [0.15, 0.2) is 39.7 Å². The van der Waals surface area contributed by atoms with Crippen LogP contribution in [0.5, 0.6) is 5.75 Å². The first-order chi connectivity index (χ1) is 19.8. The molecule has 11 heteroatoms. The fraction of sp³-hybridized carbons (Fsp3) is 0.600. The number of methoxy groups -OCH3 is 1. The standard InChI is InChI=1S/C30H46N8O3/c1-22-28(38(24-9-6-7-10-24)16-13-27(39)36(22)4)34-30(31-2)33-25-12-11-23(21-26(25)41-5)29(40)32-14-8-15-37-19-17-35(3)18-20-37/h11-12,21,24H,2,6-10,13-20H2,1,3-5H3,(H,32,40)(H,33,34). The van der Waals surface area contributed by atoms with Gasteiger partial charge in [0.1, 0.15) is 5.75 Å². The first-order valence-electron chi connectivity index (χ1n) is 14.7. The molecule has 0 radical (unpaired) electrons. The maximum Gasteiger partial charge on any atom is 0.251 e. The lowest BCUT2D eigenvalue weighted by Crippen LogP contribution is -2.45. The number of benzene rings is 1. The van der Waals surface area contributed by atoms with Gasteiger partial charge in [-0.05, 0) is 64.7 Å². The average molecular weight is 567 g/mol. The Kier molecular flexibility index (Phi) is 10.8. The summed E-state index contributed by atoms with van der Waals surface area (Å²) in [6, 6.07) is 5.61. The number of aliphatic imine (C=N–C) groups is 2. The molecule has 1 saturated heterocycles. The highest BCUT2D eigenvalue weighted by Crippen LogP contribution is 2.31. The van der Waals surface area contributed by atoms with E-state index in [1.165, 1.54) is 12.8 Å². The number of carbonyl (C=O) groups excluding carboxylic acids is 2. The Labute approximate surface area is 244 Å².